The van der Waals surface area contributed by atoms with Crippen LogP contribution in [0.2, 0.25) is 5.02 Å². The zero-order valence-corrected chi connectivity index (χ0v) is 26.3. The standard InChI is InChI=1S/C33H40ClN3O4S/c1-5-30(33(39)35-27-11-7-8-12-27)36(21-26-10-6-9-13-29(26)34)32(38)22-37(31-19-16-24(3)20-25(31)4)42(40,41)28-17-14-23(2)15-18-28/h6,9-10,13-20,27,30H,5,7-8,11-12,21-22H2,1-4H3,(H,35,39)/t30-/m0/s1. The molecule has 1 aliphatic carbocycles. The van der Waals surface area contributed by atoms with Crippen LogP contribution in [0.3, 0.4) is 0 Å². The van der Waals surface area contributed by atoms with Gasteiger partial charge in [-0.1, -0.05) is 85.0 Å². The number of rotatable bonds is 11. The molecule has 42 heavy (non-hydrogen) atoms. The zero-order chi connectivity index (χ0) is 30.4. The molecule has 2 amide bonds. The third-order valence-electron chi connectivity index (χ3n) is 7.89. The van der Waals surface area contributed by atoms with E-state index in [0.29, 0.717) is 22.7 Å². The second kappa shape index (κ2) is 13.7. The van der Waals surface area contributed by atoms with E-state index in [9.17, 15) is 18.0 Å². The van der Waals surface area contributed by atoms with Crippen LogP contribution in [0.5, 0.6) is 0 Å². The van der Waals surface area contributed by atoms with Crippen molar-refractivity contribution in [2.45, 2.75) is 83.3 Å². The van der Waals surface area contributed by atoms with Crippen LogP contribution >= 0.6 is 11.6 Å². The smallest absolute Gasteiger partial charge is 0.264 e. The third-order valence-corrected chi connectivity index (χ3v) is 10.0. The molecule has 0 bridgehead atoms. The predicted octanol–water partition coefficient (Wildman–Crippen LogP) is 6.33. The van der Waals surface area contributed by atoms with Crippen LogP contribution in [0, 0.1) is 20.8 Å². The summed E-state index contributed by atoms with van der Waals surface area (Å²) in [5.41, 5.74) is 3.72. The molecule has 1 saturated carbocycles. The Labute approximate surface area is 254 Å². The van der Waals surface area contributed by atoms with Crippen LogP contribution in [0.4, 0.5) is 5.69 Å². The highest BCUT2D eigenvalue weighted by molar-refractivity contribution is 7.92. The number of benzene rings is 3. The highest BCUT2D eigenvalue weighted by atomic mass is 35.5. The Morgan fingerprint density at radius 3 is 2.21 bits per heavy atom. The van der Waals surface area contributed by atoms with Gasteiger partial charge in [0, 0.05) is 17.6 Å². The molecule has 1 fully saturated rings. The fraction of sp³-hybridized carbons (Fsp3) is 0.394. The van der Waals surface area contributed by atoms with Crippen molar-refractivity contribution in [2.24, 2.45) is 0 Å². The van der Waals surface area contributed by atoms with E-state index < -0.39 is 28.5 Å². The average molecular weight is 610 g/mol. The second-order valence-corrected chi connectivity index (χ2v) is 13.4. The SMILES string of the molecule is CC[C@@H](C(=O)NC1CCCC1)N(Cc1ccccc1Cl)C(=O)CN(c1ccc(C)cc1C)S(=O)(=O)c1ccc(C)cc1. The van der Waals surface area contributed by atoms with Gasteiger partial charge in [-0.2, -0.15) is 0 Å². The topological polar surface area (TPSA) is 86.8 Å². The molecule has 0 saturated heterocycles. The van der Waals surface area contributed by atoms with E-state index in [1.54, 1.807) is 42.5 Å². The lowest BCUT2D eigenvalue weighted by molar-refractivity contribution is -0.140. The summed E-state index contributed by atoms with van der Waals surface area (Å²) in [6.07, 6.45) is 4.31. The lowest BCUT2D eigenvalue weighted by Crippen LogP contribution is -2.53. The lowest BCUT2D eigenvalue weighted by Gasteiger charge is -2.34. The van der Waals surface area contributed by atoms with E-state index in [1.807, 2.05) is 52.0 Å². The first-order valence-corrected chi connectivity index (χ1v) is 16.3. The summed E-state index contributed by atoms with van der Waals surface area (Å²) < 4.78 is 29.4. The summed E-state index contributed by atoms with van der Waals surface area (Å²) >= 11 is 6.50. The van der Waals surface area contributed by atoms with Crippen molar-refractivity contribution in [3.05, 3.63) is 94.0 Å². The Bertz CT molecular complexity index is 1520. The molecule has 0 aromatic heterocycles. The van der Waals surface area contributed by atoms with Crippen molar-refractivity contribution < 1.29 is 18.0 Å². The Balaban J connectivity index is 1.75. The van der Waals surface area contributed by atoms with Gasteiger partial charge in [0.1, 0.15) is 12.6 Å². The van der Waals surface area contributed by atoms with Crippen molar-refractivity contribution in [3.63, 3.8) is 0 Å². The Hall–Kier alpha value is -3.36. The van der Waals surface area contributed by atoms with Crippen molar-refractivity contribution >= 4 is 39.1 Å². The van der Waals surface area contributed by atoms with E-state index in [1.165, 1.54) is 4.90 Å². The van der Waals surface area contributed by atoms with Crippen LogP contribution in [-0.4, -0.2) is 43.8 Å². The molecule has 1 N–H and O–H groups in total. The van der Waals surface area contributed by atoms with Gasteiger partial charge in [-0.05, 0) is 75.4 Å². The number of carbonyl (C=O) groups is 2. The third kappa shape index (κ3) is 7.34. The molecule has 0 spiro atoms. The number of sulfonamides is 1. The number of halogens is 1. The van der Waals surface area contributed by atoms with E-state index >= 15 is 0 Å². The fourth-order valence-electron chi connectivity index (χ4n) is 5.53. The largest absolute Gasteiger partial charge is 0.352 e. The minimum absolute atomic E-state index is 0.0698. The first-order chi connectivity index (χ1) is 20.0. The van der Waals surface area contributed by atoms with E-state index in [-0.39, 0.29) is 23.4 Å². The molecule has 9 heteroatoms. The van der Waals surface area contributed by atoms with Crippen LogP contribution in [0.1, 0.15) is 61.3 Å². The summed E-state index contributed by atoms with van der Waals surface area (Å²) in [4.78, 5) is 29.4. The maximum atomic E-state index is 14.3. The summed E-state index contributed by atoms with van der Waals surface area (Å²) in [5, 5.41) is 3.60. The predicted molar refractivity (Wildman–Crippen MR) is 168 cm³/mol. The molecule has 4 rings (SSSR count). The number of anilines is 1. The van der Waals surface area contributed by atoms with Gasteiger partial charge in [0.05, 0.1) is 10.6 Å². The highest BCUT2D eigenvalue weighted by Gasteiger charge is 2.35. The van der Waals surface area contributed by atoms with Crippen LogP contribution in [-0.2, 0) is 26.2 Å². The Morgan fingerprint density at radius 1 is 0.952 bits per heavy atom. The summed E-state index contributed by atoms with van der Waals surface area (Å²) in [6, 6.07) is 18.5. The number of nitrogens with zero attached hydrogens (tertiary/aromatic N) is 2. The number of amides is 2. The summed E-state index contributed by atoms with van der Waals surface area (Å²) in [6.45, 7) is 7.10. The molecule has 1 aliphatic rings. The van der Waals surface area contributed by atoms with E-state index in [0.717, 1.165) is 46.7 Å². The molecular weight excluding hydrogens is 570 g/mol. The molecule has 0 unspecified atom stereocenters. The quantitative estimate of drug-likeness (QED) is 0.275. The minimum atomic E-state index is -4.13. The van der Waals surface area contributed by atoms with Crippen LogP contribution < -0.4 is 9.62 Å². The number of hydrogen-bond acceptors (Lipinski definition) is 4. The molecule has 0 radical (unpaired) electrons. The minimum Gasteiger partial charge on any atom is -0.352 e. The van der Waals surface area contributed by atoms with Gasteiger partial charge in [0.25, 0.3) is 10.0 Å². The van der Waals surface area contributed by atoms with Gasteiger partial charge in [-0.15, -0.1) is 0 Å². The molecule has 1 atom stereocenters. The average Bonchev–Trinajstić information content (AvgIpc) is 3.46. The lowest BCUT2D eigenvalue weighted by atomic mass is 10.1. The van der Waals surface area contributed by atoms with Gasteiger partial charge in [-0.3, -0.25) is 13.9 Å². The first kappa shape index (κ1) is 31.6. The monoisotopic (exact) mass is 609 g/mol. The molecule has 224 valence electrons. The normalized spacial score (nSPS) is 14.4. The number of hydrogen-bond donors (Lipinski definition) is 1. The first-order valence-electron chi connectivity index (χ1n) is 14.5. The molecular formula is C33H40ClN3O4S. The van der Waals surface area contributed by atoms with Gasteiger partial charge in [0.15, 0.2) is 0 Å². The van der Waals surface area contributed by atoms with Crippen LogP contribution in [0.15, 0.2) is 71.6 Å². The number of carbonyl (C=O) groups excluding carboxylic acids is 2. The number of aryl methyl sites for hydroxylation is 3. The van der Waals surface area contributed by atoms with Gasteiger partial charge in [0.2, 0.25) is 11.8 Å². The maximum Gasteiger partial charge on any atom is 0.264 e. The fourth-order valence-corrected chi connectivity index (χ4v) is 7.21. The van der Waals surface area contributed by atoms with Gasteiger partial charge >= 0.3 is 0 Å². The molecule has 3 aromatic rings. The number of nitrogens with one attached hydrogen (secondary N) is 1. The van der Waals surface area contributed by atoms with Crippen molar-refractivity contribution in [2.75, 3.05) is 10.8 Å². The van der Waals surface area contributed by atoms with Crippen molar-refractivity contribution in [1.82, 2.24) is 10.2 Å². The Kier molecular flexibility index (Phi) is 10.3. The summed E-state index contributed by atoms with van der Waals surface area (Å²) in [5.74, 6) is -0.719. The Morgan fingerprint density at radius 2 is 1.60 bits per heavy atom. The molecule has 0 heterocycles. The van der Waals surface area contributed by atoms with E-state index in [2.05, 4.69) is 5.32 Å². The van der Waals surface area contributed by atoms with Crippen molar-refractivity contribution in [3.8, 4) is 0 Å². The summed E-state index contributed by atoms with van der Waals surface area (Å²) in [7, 11) is -4.13. The van der Waals surface area contributed by atoms with Gasteiger partial charge < -0.3 is 10.2 Å². The maximum absolute atomic E-state index is 14.3. The molecule has 3 aromatic carbocycles. The van der Waals surface area contributed by atoms with Gasteiger partial charge in [-0.25, -0.2) is 8.42 Å². The molecule has 0 aliphatic heterocycles. The van der Waals surface area contributed by atoms with Crippen molar-refractivity contribution in [1.29, 1.82) is 0 Å². The molecule has 7 nitrogen and oxygen atoms in total. The highest BCUT2D eigenvalue weighted by Crippen LogP contribution is 2.29. The second-order valence-electron chi connectivity index (χ2n) is 11.1. The van der Waals surface area contributed by atoms with Crippen LogP contribution in [0.25, 0.3) is 0 Å². The zero-order valence-electron chi connectivity index (χ0n) is 24.8. The van der Waals surface area contributed by atoms with E-state index in [4.69, 9.17) is 11.6 Å².